The van der Waals surface area contributed by atoms with Crippen LogP contribution in [-0.4, -0.2) is 17.6 Å². The van der Waals surface area contributed by atoms with E-state index in [1.54, 1.807) is 49.5 Å². The number of pyridine rings is 1. The van der Waals surface area contributed by atoms with Crippen LogP contribution in [0, 0.1) is 17.1 Å². The Labute approximate surface area is 174 Å². The van der Waals surface area contributed by atoms with Crippen molar-refractivity contribution >= 4 is 5.97 Å². The fourth-order valence-corrected chi connectivity index (χ4v) is 2.98. The summed E-state index contributed by atoms with van der Waals surface area (Å²) in [6, 6.07) is 17.5. The van der Waals surface area contributed by atoms with Crippen molar-refractivity contribution in [1.82, 2.24) is 4.98 Å². The van der Waals surface area contributed by atoms with Gasteiger partial charge in [0.1, 0.15) is 29.9 Å². The second kappa shape index (κ2) is 10.2. The van der Waals surface area contributed by atoms with Crippen molar-refractivity contribution in [2.24, 2.45) is 0 Å². The van der Waals surface area contributed by atoms with Crippen molar-refractivity contribution in [2.45, 2.75) is 26.4 Å². The molecule has 5 nitrogen and oxygen atoms in total. The molecule has 0 bridgehead atoms. The summed E-state index contributed by atoms with van der Waals surface area (Å²) in [4.78, 5) is 15.5. The number of nitrogens with zero attached hydrogens (tertiary/aromatic N) is 2. The molecule has 0 aliphatic carbocycles. The van der Waals surface area contributed by atoms with Gasteiger partial charge >= 0.3 is 5.97 Å². The van der Waals surface area contributed by atoms with Crippen LogP contribution >= 0.6 is 0 Å². The molecule has 0 spiro atoms. The van der Waals surface area contributed by atoms with E-state index in [1.807, 2.05) is 18.2 Å². The first-order chi connectivity index (χ1) is 14.6. The number of carbonyl (C=O) groups excluding carboxylic acids is 1. The van der Waals surface area contributed by atoms with E-state index in [4.69, 9.17) is 14.7 Å². The van der Waals surface area contributed by atoms with E-state index in [0.29, 0.717) is 47.6 Å². The third-order valence-electron chi connectivity index (χ3n) is 4.54. The van der Waals surface area contributed by atoms with Crippen molar-refractivity contribution in [3.05, 3.63) is 83.4 Å². The first-order valence-corrected chi connectivity index (χ1v) is 9.62. The molecule has 0 N–H and O–H groups in total. The molecule has 0 amide bonds. The number of hydrogen-bond acceptors (Lipinski definition) is 5. The molecule has 0 aliphatic rings. The summed E-state index contributed by atoms with van der Waals surface area (Å²) < 4.78 is 25.2. The Morgan fingerprint density at radius 1 is 1.13 bits per heavy atom. The maximum atomic E-state index is 14.5. The monoisotopic (exact) mass is 404 g/mol. The van der Waals surface area contributed by atoms with E-state index in [-0.39, 0.29) is 18.4 Å². The molecule has 0 aliphatic heterocycles. The largest absolute Gasteiger partial charge is 0.489 e. The van der Waals surface area contributed by atoms with Gasteiger partial charge in [-0.15, -0.1) is 0 Å². The van der Waals surface area contributed by atoms with Crippen LogP contribution in [-0.2, 0) is 22.6 Å². The summed E-state index contributed by atoms with van der Waals surface area (Å²) >= 11 is 0. The number of hydrogen-bond donors (Lipinski definition) is 0. The molecule has 0 saturated heterocycles. The van der Waals surface area contributed by atoms with Gasteiger partial charge in [-0.25, -0.2) is 9.37 Å². The van der Waals surface area contributed by atoms with Crippen LogP contribution in [0.4, 0.5) is 4.39 Å². The third kappa shape index (κ3) is 5.42. The highest BCUT2D eigenvalue weighted by Crippen LogP contribution is 2.27. The van der Waals surface area contributed by atoms with E-state index < -0.39 is 0 Å². The van der Waals surface area contributed by atoms with Gasteiger partial charge in [0.05, 0.1) is 6.61 Å². The lowest BCUT2D eigenvalue weighted by Gasteiger charge is -2.13. The Kier molecular flexibility index (Phi) is 7.12. The van der Waals surface area contributed by atoms with Crippen molar-refractivity contribution in [1.29, 1.82) is 5.26 Å². The Hall–Kier alpha value is -3.72. The number of aromatic nitrogens is 1. The summed E-state index contributed by atoms with van der Waals surface area (Å²) in [5, 5.41) is 8.90. The first kappa shape index (κ1) is 21.0. The van der Waals surface area contributed by atoms with Crippen molar-refractivity contribution in [2.75, 3.05) is 6.61 Å². The maximum absolute atomic E-state index is 14.5. The first-order valence-electron chi connectivity index (χ1n) is 9.62. The number of benzene rings is 2. The van der Waals surface area contributed by atoms with Crippen LogP contribution < -0.4 is 4.74 Å². The van der Waals surface area contributed by atoms with Gasteiger partial charge in [0.15, 0.2) is 0 Å². The summed E-state index contributed by atoms with van der Waals surface area (Å²) in [7, 11) is 0. The number of ether oxygens (including phenoxy) is 2. The highest BCUT2D eigenvalue weighted by molar-refractivity contribution is 5.69. The zero-order valence-electron chi connectivity index (χ0n) is 16.6. The van der Waals surface area contributed by atoms with Gasteiger partial charge in [0.25, 0.3) is 0 Å². The molecule has 1 heterocycles. The number of carbonyl (C=O) groups is 1. The predicted octanol–water partition coefficient (Wildman–Crippen LogP) is 4.83. The molecule has 3 rings (SSSR count). The molecule has 152 valence electrons. The van der Waals surface area contributed by atoms with Crippen molar-refractivity contribution < 1.29 is 18.7 Å². The van der Waals surface area contributed by atoms with Crippen LogP contribution in [0.3, 0.4) is 0 Å². The smallest absolute Gasteiger partial charge is 0.306 e. The average Bonchev–Trinajstić information content (AvgIpc) is 2.78. The van der Waals surface area contributed by atoms with Crippen LogP contribution in [0.5, 0.6) is 5.75 Å². The van der Waals surface area contributed by atoms with Gasteiger partial charge in [-0.3, -0.25) is 4.79 Å². The van der Waals surface area contributed by atoms with Gasteiger partial charge in [-0.1, -0.05) is 24.3 Å². The van der Waals surface area contributed by atoms with Crippen molar-refractivity contribution in [3.63, 3.8) is 0 Å². The Morgan fingerprint density at radius 3 is 2.60 bits per heavy atom. The third-order valence-corrected chi connectivity index (χ3v) is 4.54. The summed E-state index contributed by atoms with van der Waals surface area (Å²) in [6.45, 7) is 2.20. The summed E-state index contributed by atoms with van der Waals surface area (Å²) in [5.41, 5.74) is 3.08. The van der Waals surface area contributed by atoms with Gasteiger partial charge in [0, 0.05) is 23.7 Å². The molecular formula is C24H21FN2O3. The molecule has 0 fully saturated rings. The van der Waals surface area contributed by atoms with Gasteiger partial charge in [0.2, 0.25) is 0 Å². The SMILES string of the molecule is CCOC(=O)CCc1ccc(OCc2c(F)cccc2-c2ccc(C#N)nc2)cc1. The zero-order chi connectivity index (χ0) is 21.3. The average molecular weight is 404 g/mol. The van der Waals surface area contributed by atoms with E-state index >= 15 is 0 Å². The number of nitriles is 1. The van der Waals surface area contributed by atoms with Crippen LogP contribution in [0.15, 0.2) is 60.8 Å². The van der Waals surface area contributed by atoms with Gasteiger partial charge < -0.3 is 9.47 Å². The van der Waals surface area contributed by atoms with Crippen LogP contribution in [0.1, 0.15) is 30.2 Å². The standard InChI is InChI=1S/C24H21FN2O3/c1-2-29-24(28)13-8-17-6-11-20(12-7-17)30-16-22-21(4-3-5-23(22)25)18-9-10-19(14-26)27-15-18/h3-7,9-12,15H,2,8,13,16H2,1H3. The second-order valence-corrected chi connectivity index (χ2v) is 6.55. The minimum Gasteiger partial charge on any atom is -0.489 e. The lowest BCUT2D eigenvalue weighted by Crippen LogP contribution is -2.05. The second-order valence-electron chi connectivity index (χ2n) is 6.55. The Morgan fingerprint density at radius 2 is 1.93 bits per heavy atom. The molecular weight excluding hydrogens is 383 g/mol. The molecule has 0 saturated carbocycles. The number of esters is 1. The van der Waals surface area contributed by atoms with E-state index in [2.05, 4.69) is 4.98 Å². The fourth-order valence-electron chi connectivity index (χ4n) is 2.98. The molecule has 0 unspecified atom stereocenters. The Balaban J connectivity index is 1.68. The minimum atomic E-state index is -0.372. The van der Waals surface area contributed by atoms with Gasteiger partial charge in [-0.2, -0.15) is 5.26 Å². The predicted molar refractivity (Wildman–Crippen MR) is 110 cm³/mol. The molecule has 0 radical (unpaired) electrons. The molecule has 0 atom stereocenters. The quantitative estimate of drug-likeness (QED) is 0.503. The molecule has 30 heavy (non-hydrogen) atoms. The highest BCUT2D eigenvalue weighted by atomic mass is 19.1. The summed E-state index contributed by atoms with van der Waals surface area (Å²) in [6.07, 6.45) is 2.46. The van der Waals surface area contributed by atoms with E-state index in [9.17, 15) is 9.18 Å². The topological polar surface area (TPSA) is 72.2 Å². The van der Waals surface area contributed by atoms with E-state index in [0.717, 1.165) is 5.56 Å². The molecule has 1 aromatic heterocycles. The lowest BCUT2D eigenvalue weighted by molar-refractivity contribution is -0.143. The van der Waals surface area contributed by atoms with E-state index in [1.165, 1.54) is 6.07 Å². The maximum Gasteiger partial charge on any atom is 0.306 e. The Bertz CT molecular complexity index is 1040. The number of aryl methyl sites for hydroxylation is 1. The zero-order valence-corrected chi connectivity index (χ0v) is 16.6. The van der Waals surface area contributed by atoms with Gasteiger partial charge in [-0.05, 0) is 54.8 Å². The minimum absolute atomic E-state index is 0.0458. The molecule has 6 heteroatoms. The summed E-state index contributed by atoms with van der Waals surface area (Å²) in [5.74, 6) is 0.00663. The number of halogens is 1. The van der Waals surface area contributed by atoms with Crippen LogP contribution in [0.25, 0.3) is 11.1 Å². The molecule has 3 aromatic rings. The van der Waals surface area contributed by atoms with Crippen molar-refractivity contribution in [3.8, 4) is 22.9 Å². The lowest BCUT2D eigenvalue weighted by atomic mass is 10.0. The van der Waals surface area contributed by atoms with Crippen LogP contribution in [0.2, 0.25) is 0 Å². The number of rotatable bonds is 8. The molecule has 2 aromatic carbocycles. The highest BCUT2D eigenvalue weighted by Gasteiger charge is 2.12. The fraction of sp³-hybridized carbons (Fsp3) is 0.208. The normalized spacial score (nSPS) is 10.3.